The molecule has 1 aromatic carbocycles. The molecule has 0 radical (unpaired) electrons. The lowest BCUT2D eigenvalue weighted by molar-refractivity contribution is -0.121. The average Bonchev–Trinajstić information content (AvgIpc) is 2.43. The lowest BCUT2D eigenvalue weighted by atomic mass is 10.1. The monoisotopic (exact) mass is 304 g/mol. The van der Waals surface area contributed by atoms with Gasteiger partial charge >= 0.3 is 0 Å². The number of aromatic nitrogens is 1. The van der Waals surface area contributed by atoms with Crippen molar-refractivity contribution in [3.8, 4) is 5.75 Å². The molecule has 0 saturated heterocycles. The Morgan fingerprint density at radius 1 is 1.38 bits per heavy atom. The zero-order chi connectivity index (χ0) is 15.2. The van der Waals surface area contributed by atoms with Crippen LogP contribution in [0.4, 0.5) is 0 Å². The Labute approximate surface area is 128 Å². The van der Waals surface area contributed by atoms with Crippen LogP contribution >= 0.6 is 11.6 Å². The minimum atomic E-state index is -0.0758. The second-order valence-corrected chi connectivity index (χ2v) is 5.40. The van der Waals surface area contributed by atoms with Gasteiger partial charge in [0.2, 0.25) is 5.91 Å². The lowest BCUT2D eigenvalue weighted by Gasteiger charge is -2.14. The maximum Gasteiger partial charge on any atom is 0.224 e. The molecule has 1 amide bonds. The highest BCUT2D eigenvalue weighted by Gasteiger charge is 2.10. The summed E-state index contributed by atoms with van der Waals surface area (Å²) < 4.78 is 0. The molecule has 0 fully saturated rings. The summed E-state index contributed by atoms with van der Waals surface area (Å²) in [6.07, 6.45) is 4.48. The first-order valence-corrected chi connectivity index (χ1v) is 7.08. The van der Waals surface area contributed by atoms with Gasteiger partial charge in [-0.1, -0.05) is 23.7 Å². The molecule has 110 valence electrons. The number of phenols is 1. The minimum Gasteiger partial charge on any atom is -0.506 e. The molecule has 1 aromatic heterocycles. The van der Waals surface area contributed by atoms with E-state index in [-0.39, 0.29) is 29.1 Å². The van der Waals surface area contributed by atoms with Crippen molar-refractivity contribution in [1.29, 1.82) is 0 Å². The summed E-state index contributed by atoms with van der Waals surface area (Å²) in [5, 5.41) is 12.5. The van der Waals surface area contributed by atoms with Gasteiger partial charge in [-0.15, -0.1) is 0 Å². The van der Waals surface area contributed by atoms with E-state index in [4.69, 9.17) is 11.6 Å². The highest BCUT2D eigenvalue weighted by atomic mass is 35.5. The van der Waals surface area contributed by atoms with E-state index in [2.05, 4.69) is 10.3 Å². The SMILES string of the molecule is C[C@@H](Cc1cccnc1)NC(=O)Cc1ccc(O)c(Cl)c1. The highest BCUT2D eigenvalue weighted by Crippen LogP contribution is 2.23. The van der Waals surface area contributed by atoms with Gasteiger partial charge in [0.05, 0.1) is 11.4 Å². The molecule has 0 aliphatic heterocycles. The number of nitrogens with zero attached hydrogens (tertiary/aromatic N) is 1. The average molecular weight is 305 g/mol. The molecule has 0 spiro atoms. The Balaban J connectivity index is 1.87. The molecular formula is C16H17ClN2O2. The predicted octanol–water partition coefficient (Wildman–Crippen LogP) is 2.73. The number of aromatic hydroxyl groups is 1. The summed E-state index contributed by atoms with van der Waals surface area (Å²) in [4.78, 5) is 16.0. The summed E-state index contributed by atoms with van der Waals surface area (Å²) >= 11 is 5.82. The minimum absolute atomic E-state index is 0.0192. The molecule has 5 heteroatoms. The van der Waals surface area contributed by atoms with Crippen molar-refractivity contribution in [1.82, 2.24) is 10.3 Å². The lowest BCUT2D eigenvalue weighted by Crippen LogP contribution is -2.35. The molecule has 1 atom stereocenters. The first kappa shape index (κ1) is 15.3. The first-order valence-electron chi connectivity index (χ1n) is 6.70. The van der Waals surface area contributed by atoms with E-state index < -0.39 is 0 Å². The van der Waals surface area contributed by atoms with Crippen LogP contribution in [0.25, 0.3) is 0 Å². The molecule has 0 aliphatic rings. The van der Waals surface area contributed by atoms with Crippen LogP contribution in [0, 0.1) is 0 Å². The van der Waals surface area contributed by atoms with E-state index >= 15 is 0 Å². The summed E-state index contributed by atoms with van der Waals surface area (Å²) in [5.41, 5.74) is 1.85. The number of hydrogen-bond donors (Lipinski definition) is 2. The third kappa shape index (κ3) is 4.76. The van der Waals surface area contributed by atoms with Crippen molar-refractivity contribution < 1.29 is 9.90 Å². The van der Waals surface area contributed by atoms with Gasteiger partial charge in [-0.3, -0.25) is 9.78 Å². The number of carbonyl (C=O) groups is 1. The van der Waals surface area contributed by atoms with E-state index in [0.29, 0.717) is 0 Å². The predicted molar refractivity (Wildman–Crippen MR) is 82.4 cm³/mol. The largest absolute Gasteiger partial charge is 0.506 e. The number of benzene rings is 1. The van der Waals surface area contributed by atoms with Crippen LogP contribution in [0.1, 0.15) is 18.1 Å². The Morgan fingerprint density at radius 2 is 2.19 bits per heavy atom. The molecule has 2 N–H and O–H groups in total. The van der Waals surface area contributed by atoms with Crippen LogP contribution in [0.15, 0.2) is 42.7 Å². The molecule has 1 heterocycles. The Morgan fingerprint density at radius 3 is 2.86 bits per heavy atom. The van der Waals surface area contributed by atoms with Crippen LogP contribution < -0.4 is 5.32 Å². The fourth-order valence-corrected chi connectivity index (χ4v) is 2.30. The number of nitrogens with one attached hydrogen (secondary N) is 1. The standard InChI is InChI=1S/C16H17ClN2O2/c1-11(7-13-3-2-6-18-10-13)19-16(21)9-12-4-5-15(20)14(17)8-12/h2-6,8,10-11,20H,7,9H2,1H3,(H,19,21)/t11-/m0/s1. The number of amides is 1. The highest BCUT2D eigenvalue weighted by molar-refractivity contribution is 6.32. The number of rotatable bonds is 5. The van der Waals surface area contributed by atoms with Gasteiger partial charge in [-0.25, -0.2) is 0 Å². The van der Waals surface area contributed by atoms with Gasteiger partial charge in [-0.05, 0) is 42.7 Å². The van der Waals surface area contributed by atoms with E-state index in [0.717, 1.165) is 17.5 Å². The van der Waals surface area contributed by atoms with Crippen molar-refractivity contribution in [3.05, 3.63) is 58.9 Å². The van der Waals surface area contributed by atoms with E-state index in [9.17, 15) is 9.90 Å². The fourth-order valence-electron chi connectivity index (χ4n) is 2.10. The molecule has 2 aromatic rings. The van der Waals surface area contributed by atoms with E-state index in [1.807, 2.05) is 19.1 Å². The smallest absolute Gasteiger partial charge is 0.224 e. The fraction of sp³-hybridized carbons (Fsp3) is 0.250. The van der Waals surface area contributed by atoms with Gasteiger partial charge in [0.25, 0.3) is 0 Å². The van der Waals surface area contributed by atoms with Crippen LogP contribution in [0.5, 0.6) is 5.75 Å². The number of pyridine rings is 1. The number of phenolic OH excluding ortho intramolecular Hbond substituents is 1. The van der Waals surface area contributed by atoms with Crippen LogP contribution in [-0.4, -0.2) is 22.0 Å². The maximum atomic E-state index is 12.0. The molecule has 0 bridgehead atoms. The quantitative estimate of drug-likeness (QED) is 0.893. The molecule has 0 aliphatic carbocycles. The van der Waals surface area contributed by atoms with Gasteiger partial charge in [0.15, 0.2) is 0 Å². The molecule has 21 heavy (non-hydrogen) atoms. The molecular weight excluding hydrogens is 288 g/mol. The van der Waals surface area contributed by atoms with Crippen molar-refractivity contribution >= 4 is 17.5 Å². The van der Waals surface area contributed by atoms with Crippen molar-refractivity contribution in [3.63, 3.8) is 0 Å². The topological polar surface area (TPSA) is 62.2 Å². The van der Waals surface area contributed by atoms with Crippen molar-refractivity contribution in [2.24, 2.45) is 0 Å². The third-order valence-electron chi connectivity index (χ3n) is 3.05. The normalized spacial score (nSPS) is 11.9. The first-order chi connectivity index (χ1) is 10.0. The summed E-state index contributed by atoms with van der Waals surface area (Å²) in [6.45, 7) is 1.95. The zero-order valence-electron chi connectivity index (χ0n) is 11.7. The van der Waals surface area contributed by atoms with Crippen LogP contribution in [0.3, 0.4) is 0 Å². The van der Waals surface area contributed by atoms with E-state index in [1.165, 1.54) is 6.07 Å². The molecule has 0 unspecified atom stereocenters. The molecule has 0 saturated carbocycles. The molecule has 4 nitrogen and oxygen atoms in total. The maximum absolute atomic E-state index is 12.0. The van der Waals surface area contributed by atoms with Gasteiger partial charge < -0.3 is 10.4 Å². The van der Waals surface area contributed by atoms with Crippen LogP contribution in [0.2, 0.25) is 5.02 Å². The van der Waals surface area contributed by atoms with Crippen LogP contribution in [-0.2, 0) is 17.6 Å². The Hall–Kier alpha value is -2.07. The second-order valence-electron chi connectivity index (χ2n) is 5.00. The van der Waals surface area contributed by atoms with Gasteiger partial charge in [0, 0.05) is 18.4 Å². The summed E-state index contributed by atoms with van der Waals surface area (Å²) in [5.74, 6) is -0.0566. The Kier molecular flexibility index (Phi) is 5.17. The van der Waals surface area contributed by atoms with Gasteiger partial charge in [-0.2, -0.15) is 0 Å². The summed E-state index contributed by atoms with van der Waals surface area (Å²) in [7, 11) is 0. The summed E-state index contributed by atoms with van der Waals surface area (Å²) in [6, 6.07) is 8.66. The number of hydrogen-bond acceptors (Lipinski definition) is 3. The third-order valence-corrected chi connectivity index (χ3v) is 3.35. The number of carbonyl (C=O) groups excluding carboxylic acids is 1. The van der Waals surface area contributed by atoms with Gasteiger partial charge in [0.1, 0.15) is 5.75 Å². The molecule has 2 rings (SSSR count). The van der Waals surface area contributed by atoms with Crippen molar-refractivity contribution in [2.45, 2.75) is 25.8 Å². The Bertz CT molecular complexity index is 617. The van der Waals surface area contributed by atoms with Crippen molar-refractivity contribution in [2.75, 3.05) is 0 Å². The number of halogens is 1. The van der Waals surface area contributed by atoms with E-state index in [1.54, 1.807) is 24.5 Å². The zero-order valence-corrected chi connectivity index (χ0v) is 12.5. The second kappa shape index (κ2) is 7.09.